The lowest BCUT2D eigenvalue weighted by Crippen LogP contribution is -2.35. The fourth-order valence-electron chi connectivity index (χ4n) is 3.88. The van der Waals surface area contributed by atoms with Gasteiger partial charge in [-0.2, -0.15) is 0 Å². The predicted octanol–water partition coefficient (Wildman–Crippen LogP) is 4.20. The van der Waals surface area contributed by atoms with E-state index in [1.807, 2.05) is 38.1 Å². The van der Waals surface area contributed by atoms with Crippen LogP contribution in [-0.2, 0) is 14.8 Å². The summed E-state index contributed by atoms with van der Waals surface area (Å²) in [6.45, 7) is 7.43. The van der Waals surface area contributed by atoms with Gasteiger partial charge in [-0.05, 0) is 57.0 Å². The molecule has 1 N–H and O–H groups in total. The molecule has 2 aromatic carbocycles. The predicted molar refractivity (Wildman–Crippen MR) is 123 cm³/mol. The molecular weight excluding hydrogens is 434 g/mol. The number of aryl methyl sites for hydroxylation is 4. The maximum Gasteiger partial charge on any atom is 0.264 e. The first kappa shape index (κ1) is 21.3. The molecule has 1 aromatic heterocycles. The Balaban J connectivity index is 1.69. The Labute approximate surface area is 185 Å². The number of thiazole rings is 1. The molecule has 31 heavy (non-hydrogen) atoms. The molecule has 2 heterocycles. The molecule has 7 nitrogen and oxygen atoms in total. The number of amides is 1. The smallest absolute Gasteiger partial charge is 0.264 e. The molecule has 0 atom stereocenters. The number of anilines is 2. The third-order valence-corrected chi connectivity index (χ3v) is 7.87. The molecule has 0 radical (unpaired) electrons. The highest BCUT2D eigenvalue weighted by molar-refractivity contribution is 7.93. The zero-order chi connectivity index (χ0) is 22.5. The number of hydrogen-bond donors (Lipinski definition) is 1. The molecule has 0 bridgehead atoms. The molecule has 162 valence electrons. The quantitative estimate of drug-likeness (QED) is 0.634. The SMILES string of the molecule is Cc1cc(C)c(S(=O)(=O)Nc2nc(-c3ccc4c(c3)N(C)C(=O)CO4)c(C)s2)c(C)c1. The van der Waals surface area contributed by atoms with Crippen LogP contribution in [0, 0.1) is 27.7 Å². The highest BCUT2D eigenvalue weighted by atomic mass is 32.2. The summed E-state index contributed by atoms with van der Waals surface area (Å²) in [4.78, 5) is 19.2. The minimum atomic E-state index is -3.78. The van der Waals surface area contributed by atoms with Gasteiger partial charge in [0.05, 0.1) is 16.3 Å². The van der Waals surface area contributed by atoms with Crippen molar-refractivity contribution in [2.75, 3.05) is 23.3 Å². The van der Waals surface area contributed by atoms with Crippen molar-refractivity contribution < 1.29 is 17.9 Å². The maximum absolute atomic E-state index is 13.1. The van der Waals surface area contributed by atoms with E-state index < -0.39 is 10.0 Å². The van der Waals surface area contributed by atoms with Crippen molar-refractivity contribution in [2.45, 2.75) is 32.6 Å². The average Bonchev–Trinajstić information content (AvgIpc) is 3.02. The Morgan fingerprint density at radius 2 is 1.77 bits per heavy atom. The van der Waals surface area contributed by atoms with E-state index in [4.69, 9.17) is 4.74 Å². The third kappa shape index (κ3) is 3.90. The first-order valence-corrected chi connectivity index (χ1v) is 12.0. The van der Waals surface area contributed by atoms with Crippen molar-refractivity contribution in [3.05, 3.63) is 51.9 Å². The largest absolute Gasteiger partial charge is 0.482 e. The number of carbonyl (C=O) groups excluding carboxylic acids is 1. The monoisotopic (exact) mass is 457 g/mol. The second-order valence-electron chi connectivity index (χ2n) is 7.68. The zero-order valence-electron chi connectivity index (χ0n) is 17.9. The van der Waals surface area contributed by atoms with Crippen LogP contribution in [0.1, 0.15) is 21.6 Å². The van der Waals surface area contributed by atoms with Crippen LogP contribution in [0.25, 0.3) is 11.3 Å². The summed E-state index contributed by atoms with van der Waals surface area (Å²) in [5.41, 5.74) is 4.51. The Morgan fingerprint density at radius 1 is 1.10 bits per heavy atom. The molecular formula is C22H23N3O4S2. The minimum Gasteiger partial charge on any atom is -0.482 e. The van der Waals surface area contributed by atoms with Crippen LogP contribution < -0.4 is 14.4 Å². The van der Waals surface area contributed by atoms with Gasteiger partial charge in [0.15, 0.2) is 11.7 Å². The van der Waals surface area contributed by atoms with Gasteiger partial charge in [-0.1, -0.05) is 17.7 Å². The molecule has 0 aliphatic carbocycles. The van der Waals surface area contributed by atoms with E-state index in [1.54, 1.807) is 31.9 Å². The summed E-state index contributed by atoms with van der Waals surface area (Å²) in [6.07, 6.45) is 0. The molecule has 3 aromatic rings. The van der Waals surface area contributed by atoms with Crippen LogP contribution in [0.5, 0.6) is 5.75 Å². The fourth-order valence-corrected chi connectivity index (χ4v) is 6.41. The van der Waals surface area contributed by atoms with Gasteiger partial charge < -0.3 is 9.64 Å². The molecule has 9 heteroatoms. The molecule has 4 rings (SSSR count). The number of nitrogens with one attached hydrogen (secondary N) is 1. The molecule has 1 aliphatic rings. The van der Waals surface area contributed by atoms with Crippen molar-refractivity contribution >= 4 is 38.1 Å². The first-order valence-electron chi connectivity index (χ1n) is 9.68. The average molecular weight is 458 g/mol. The van der Waals surface area contributed by atoms with E-state index in [-0.39, 0.29) is 17.4 Å². The zero-order valence-corrected chi connectivity index (χ0v) is 19.6. The normalized spacial score (nSPS) is 13.7. The van der Waals surface area contributed by atoms with Crippen LogP contribution >= 0.6 is 11.3 Å². The van der Waals surface area contributed by atoms with E-state index in [0.29, 0.717) is 33.4 Å². The summed E-state index contributed by atoms with van der Waals surface area (Å²) >= 11 is 1.27. The van der Waals surface area contributed by atoms with E-state index in [2.05, 4.69) is 9.71 Å². The van der Waals surface area contributed by atoms with Gasteiger partial charge in [0.1, 0.15) is 5.75 Å². The standard InChI is InChI=1S/C22H23N3O4S2/c1-12-8-13(2)21(14(3)9-12)31(27,28)24-22-23-20(15(4)30-22)16-6-7-18-17(10-16)25(5)19(26)11-29-18/h6-10H,11H2,1-5H3,(H,23,24). The summed E-state index contributed by atoms with van der Waals surface area (Å²) in [5, 5.41) is 0.297. The van der Waals surface area contributed by atoms with Gasteiger partial charge in [-0.25, -0.2) is 13.4 Å². The van der Waals surface area contributed by atoms with Crippen molar-refractivity contribution in [1.29, 1.82) is 0 Å². The van der Waals surface area contributed by atoms with Gasteiger partial charge in [0.2, 0.25) is 0 Å². The molecule has 0 saturated carbocycles. The number of rotatable bonds is 4. The van der Waals surface area contributed by atoms with Gasteiger partial charge in [0, 0.05) is 17.5 Å². The third-order valence-electron chi connectivity index (χ3n) is 5.21. The highest BCUT2D eigenvalue weighted by Crippen LogP contribution is 2.38. The lowest BCUT2D eigenvalue weighted by Gasteiger charge is -2.26. The number of likely N-dealkylation sites (N-methyl/N-ethyl adjacent to an activating group) is 1. The lowest BCUT2D eigenvalue weighted by molar-refractivity contribution is -0.120. The van der Waals surface area contributed by atoms with Crippen molar-refractivity contribution in [3.63, 3.8) is 0 Å². The maximum atomic E-state index is 13.1. The van der Waals surface area contributed by atoms with Gasteiger partial charge >= 0.3 is 0 Å². The summed E-state index contributed by atoms with van der Waals surface area (Å²) in [6, 6.07) is 9.20. The van der Waals surface area contributed by atoms with Crippen molar-refractivity contribution in [3.8, 4) is 17.0 Å². The Kier molecular flexibility index (Phi) is 5.26. The second-order valence-corrected chi connectivity index (χ2v) is 10.5. The van der Waals surface area contributed by atoms with Gasteiger partial charge in [-0.3, -0.25) is 9.52 Å². The number of hydrogen-bond acceptors (Lipinski definition) is 6. The van der Waals surface area contributed by atoms with Crippen LogP contribution in [0.4, 0.5) is 10.8 Å². The van der Waals surface area contributed by atoms with Crippen LogP contribution in [0.3, 0.4) is 0 Å². The lowest BCUT2D eigenvalue weighted by atomic mass is 10.1. The van der Waals surface area contributed by atoms with Gasteiger partial charge in [0.25, 0.3) is 15.9 Å². The number of ether oxygens (including phenoxy) is 1. The van der Waals surface area contributed by atoms with Crippen LogP contribution in [0.2, 0.25) is 0 Å². The number of benzene rings is 2. The van der Waals surface area contributed by atoms with Crippen LogP contribution in [-0.4, -0.2) is 33.0 Å². The second kappa shape index (κ2) is 7.65. The highest BCUT2D eigenvalue weighted by Gasteiger charge is 2.25. The first-order chi connectivity index (χ1) is 14.6. The summed E-state index contributed by atoms with van der Waals surface area (Å²) in [7, 11) is -2.08. The topological polar surface area (TPSA) is 88.6 Å². The Hall–Kier alpha value is -2.91. The van der Waals surface area contributed by atoms with Crippen molar-refractivity contribution in [1.82, 2.24) is 4.98 Å². The molecule has 0 unspecified atom stereocenters. The van der Waals surface area contributed by atoms with Crippen LogP contribution in [0.15, 0.2) is 35.2 Å². The number of aromatic nitrogens is 1. The molecule has 0 saturated heterocycles. The number of fused-ring (bicyclic) bond motifs is 1. The van der Waals surface area contributed by atoms with E-state index in [1.165, 1.54) is 11.3 Å². The summed E-state index contributed by atoms with van der Waals surface area (Å²) in [5.74, 6) is 0.502. The number of sulfonamides is 1. The summed E-state index contributed by atoms with van der Waals surface area (Å²) < 4.78 is 34.3. The van der Waals surface area contributed by atoms with E-state index in [9.17, 15) is 13.2 Å². The van der Waals surface area contributed by atoms with Gasteiger partial charge in [-0.15, -0.1) is 11.3 Å². The fraction of sp³-hybridized carbons (Fsp3) is 0.273. The number of carbonyl (C=O) groups is 1. The van der Waals surface area contributed by atoms with E-state index in [0.717, 1.165) is 16.0 Å². The molecule has 1 amide bonds. The number of nitrogens with zero attached hydrogens (tertiary/aromatic N) is 2. The molecule has 0 fully saturated rings. The molecule has 0 spiro atoms. The van der Waals surface area contributed by atoms with E-state index >= 15 is 0 Å². The Morgan fingerprint density at radius 3 is 2.45 bits per heavy atom. The Bertz CT molecular complexity index is 1290. The minimum absolute atomic E-state index is 0.0162. The molecule has 1 aliphatic heterocycles. The van der Waals surface area contributed by atoms with Crippen molar-refractivity contribution in [2.24, 2.45) is 0 Å².